The van der Waals surface area contributed by atoms with Crippen LogP contribution >= 0.6 is 11.3 Å². The topological polar surface area (TPSA) is 12.9 Å². The molecule has 0 bridgehead atoms. The summed E-state index contributed by atoms with van der Waals surface area (Å²) in [4.78, 5) is 5.04. The number of hydrogen-bond donors (Lipinski definition) is 0. The molecule has 0 aliphatic carbocycles. The van der Waals surface area contributed by atoms with Crippen LogP contribution in [0, 0.1) is 0 Å². The van der Waals surface area contributed by atoms with E-state index < -0.39 is 0 Å². The summed E-state index contributed by atoms with van der Waals surface area (Å²) in [5.74, 6) is 0.545. The van der Waals surface area contributed by atoms with Crippen LogP contribution in [0.5, 0.6) is 0 Å². The quantitative estimate of drug-likeness (QED) is 0.273. The lowest BCUT2D eigenvalue weighted by Crippen LogP contribution is -1.88. The molecule has 0 aliphatic rings. The molecule has 0 radical (unpaired) electrons. The number of thiophene rings is 1. The number of benzene rings is 4. The van der Waals surface area contributed by atoms with E-state index in [9.17, 15) is 0 Å². The van der Waals surface area contributed by atoms with Crippen LogP contribution in [0.25, 0.3) is 53.5 Å². The molecule has 0 aliphatic heterocycles. The van der Waals surface area contributed by atoms with Gasteiger partial charge in [-0.05, 0) is 46.9 Å². The molecule has 0 spiro atoms. The average Bonchev–Trinajstić information content (AvgIpc) is 3.21. The second-order valence-corrected chi connectivity index (χ2v) is 9.77. The minimum absolute atomic E-state index is 0.545. The summed E-state index contributed by atoms with van der Waals surface area (Å²) in [6.45, 7) is 4.46. The summed E-state index contributed by atoms with van der Waals surface area (Å²) in [5, 5.41) is 3.82. The van der Waals surface area contributed by atoms with Crippen LogP contribution < -0.4 is 0 Å². The van der Waals surface area contributed by atoms with Gasteiger partial charge in [0.15, 0.2) is 0 Å². The second-order valence-electron chi connectivity index (χ2n) is 8.69. The fourth-order valence-corrected chi connectivity index (χ4v) is 5.55. The van der Waals surface area contributed by atoms with E-state index in [4.69, 9.17) is 4.98 Å². The Morgan fingerprint density at radius 2 is 1.34 bits per heavy atom. The van der Waals surface area contributed by atoms with E-state index in [2.05, 4.69) is 111 Å². The highest BCUT2D eigenvalue weighted by Gasteiger charge is 2.09. The summed E-state index contributed by atoms with van der Waals surface area (Å²) < 4.78 is 2.64. The minimum Gasteiger partial charge on any atom is -0.248 e. The summed E-state index contributed by atoms with van der Waals surface area (Å²) in [5.41, 5.74) is 7.02. The van der Waals surface area contributed by atoms with Gasteiger partial charge in [-0.2, -0.15) is 0 Å². The first-order valence-electron chi connectivity index (χ1n) is 11.1. The first-order valence-corrected chi connectivity index (χ1v) is 11.9. The van der Waals surface area contributed by atoms with Gasteiger partial charge in [-0.25, -0.2) is 4.98 Å². The van der Waals surface area contributed by atoms with Crippen molar-refractivity contribution in [3.05, 3.63) is 103 Å². The molecule has 0 amide bonds. The van der Waals surface area contributed by atoms with Crippen molar-refractivity contribution in [2.45, 2.75) is 19.8 Å². The lowest BCUT2D eigenvalue weighted by molar-refractivity contribution is 0.867. The molecule has 6 rings (SSSR count). The smallest absolute Gasteiger partial charge is 0.0715 e. The molecular weight excluding hydrogens is 406 g/mol. The van der Waals surface area contributed by atoms with Crippen molar-refractivity contribution in [3.63, 3.8) is 0 Å². The lowest BCUT2D eigenvalue weighted by atomic mass is 9.98. The van der Waals surface area contributed by atoms with Gasteiger partial charge in [0.25, 0.3) is 0 Å². The zero-order valence-corrected chi connectivity index (χ0v) is 19.0. The van der Waals surface area contributed by atoms with Crippen LogP contribution in [0.3, 0.4) is 0 Å². The molecule has 0 atom stereocenters. The molecule has 0 N–H and O–H groups in total. The molecule has 4 aromatic carbocycles. The third kappa shape index (κ3) is 3.28. The predicted octanol–water partition coefficient (Wildman–Crippen LogP) is 9.06. The van der Waals surface area contributed by atoms with Crippen molar-refractivity contribution >= 4 is 42.4 Å². The largest absolute Gasteiger partial charge is 0.248 e. The van der Waals surface area contributed by atoms with E-state index in [0.717, 1.165) is 16.8 Å². The van der Waals surface area contributed by atoms with E-state index in [1.165, 1.54) is 42.2 Å². The average molecular weight is 430 g/mol. The van der Waals surface area contributed by atoms with Gasteiger partial charge in [0.05, 0.1) is 11.2 Å². The maximum Gasteiger partial charge on any atom is 0.0715 e. The van der Waals surface area contributed by atoms with Crippen LogP contribution in [0.15, 0.2) is 97.1 Å². The van der Waals surface area contributed by atoms with Crippen LogP contribution in [-0.2, 0) is 0 Å². The first-order chi connectivity index (χ1) is 15.7. The third-order valence-corrected chi connectivity index (χ3v) is 7.41. The Labute approximate surface area is 192 Å². The van der Waals surface area contributed by atoms with Gasteiger partial charge in [0.1, 0.15) is 0 Å². The Morgan fingerprint density at radius 1 is 0.625 bits per heavy atom. The van der Waals surface area contributed by atoms with Gasteiger partial charge < -0.3 is 0 Å². The number of nitrogens with zero attached hydrogens (tertiary/aromatic N) is 1. The second kappa shape index (κ2) is 7.58. The van der Waals surface area contributed by atoms with Gasteiger partial charge in [-0.1, -0.05) is 86.6 Å². The SMILES string of the molecule is CC(C)c1ccc(-c2ccc3ccc(-c4ccc5c(c4)sc4ccccc45)nc3c2)cc1. The number of fused-ring (bicyclic) bond motifs is 4. The highest BCUT2D eigenvalue weighted by atomic mass is 32.1. The van der Waals surface area contributed by atoms with Crippen molar-refractivity contribution in [3.8, 4) is 22.4 Å². The zero-order valence-electron chi connectivity index (χ0n) is 18.2. The van der Waals surface area contributed by atoms with Crippen molar-refractivity contribution in [2.24, 2.45) is 0 Å². The van der Waals surface area contributed by atoms with Gasteiger partial charge in [-0.3, -0.25) is 0 Å². The van der Waals surface area contributed by atoms with Gasteiger partial charge in [0.2, 0.25) is 0 Å². The molecule has 0 saturated carbocycles. The number of aromatic nitrogens is 1. The Balaban J connectivity index is 1.42. The minimum atomic E-state index is 0.545. The Hall–Kier alpha value is -3.49. The molecule has 2 heterocycles. The van der Waals surface area contributed by atoms with E-state index >= 15 is 0 Å². The standard InChI is InChI=1S/C30H23NS/c1-19(2)20-7-9-21(10-8-20)23-12-11-22-14-16-27(31-28(22)17-23)24-13-15-26-25-5-3-4-6-29(25)32-30(26)18-24/h3-19H,1-2H3. The fraction of sp³-hybridized carbons (Fsp3) is 0.100. The summed E-state index contributed by atoms with van der Waals surface area (Å²) >= 11 is 1.85. The van der Waals surface area contributed by atoms with Crippen molar-refractivity contribution in [1.29, 1.82) is 0 Å². The van der Waals surface area contributed by atoms with Crippen molar-refractivity contribution in [2.75, 3.05) is 0 Å². The normalized spacial score (nSPS) is 11.7. The summed E-state index contributed by atoms with van der Waals surface area (Å²) in [6, 6.07) is 35.1. The molecule has 6 aromatic rings. The predicted molar refractivity (Wildman–Crippen MR) is 140 cm³/mol. The molecule has 154 valence electrons. The van der Waals surface area contributed by atoms with Gasteiger partial charge in [-0.15, -0.1) is 11.3 Å². The molecule has 0 saturated heterocycles. The third-order valence-electron chi connectivity index (χ3n) is 6.28. The van der Waals surface area contributed by atoms with E-state index in [0.29, 0.717) is 5.92 Å². The molecule has 0 fully saturated rings. The molecule has 1 nitrogen and oxygen atoms in total. The number of hydrogen-bond acceptors (Lipinski definition) is 2. The van der Waals surface area contributed by atoms with Crippen LogP contribution in [0.2, 0.25) is 0 Å². The lowest BCUT2D eigenvalue weighted by Gasteiger charge is -2.09. The zero-order chi connectivity index (χ0) is 21.7. The Kier molecular flexibility index (Phi) is 4.55. The van der Waals surface area contributed by atoms with Crippen LogP contribution in [0.1, 0.15) is 25.3 Å². The number of pyridine rings is 1. The van der Waals surface area contributed by atoms with Crippen molar-refractivity contribution < 1.29 is 0 Å². The highest BCUT2D eigenvalue weighted by molar-refractivity contribution is 7.25. The molecule has 2 aromatic heterocycles. The fourth-order valence-electron chi connectivity index (χ4n) is 4.40. The summed E-state index contributed by atoms with van der Waals surface area (Å²) in [7, 11) is 0. The Bertz CT molecular complexity index is 1590. The highest BCUT2D eigenvalue weighted by Crippen LogP contribution is 2.36. The van der Waals surface area contributed by atoms with E-state index in [1.807, 2.05) is 11.3 Å². The molecule has 2 heteroatoms. The van der Waals surface area contributed by atoms with E-state index in [1.54, 1.807) is 0 Å². The summed E-state index contributed by atoms with van der Waals surface area (Å²) in [6.07, 6.45) is 0. The Morgan fingerprint density at radius 3 is 2.19 bits per heavy atom. The van der Waals surface area contributed by atoms with Gasteiger partial charge >= 0.3 is 0 Å². The van der Waals surface area contributed by atoms with Crippen LogP contribution in [-0.4, -0.2) is 4.98 Å². The monoisotopic (exact) mass is 429 g/mol. The molecular formula is C30H23NS. The van der Waals surface area contributed by atoms with Crippen molar-refractivity contribution in [1.82, 2.24) is 4.98 Å². The van der Waals surface area contributed by atoms with Gasteiger partial charge in [0, 0.05) is 31.1 Å². The molecule has 0 unspecified atom stereocenters. The maximum atomic E-state index is 5.04. The maximum absolute atomic E-state index is 5.04. The number of rotatable bonds is 3. The first kappa shape index (κ1) is 19.2. The van der Waals surface area contributed by atoms with E-state index in [-0.39, 0.29) is 0 Å². The molecule has 32 heavy (non-hydrogen) atoms. The van der Waals surface area contributed by atoms with Crippen LogP contribution in [0.4, 0.5) is 0 Å².